The summed E-state index contributed by atoms with van der Waals surface area (Å²) in [6.07, 6.45) is 4.53. The Morgan fingerprint density at radius 1 is 1.31 bits per heavy atom. The minimum atomic E-state index is -0.153. The molecule has 0 saturated carbocycles. The van der Waals surface area contributed by atoms with Gasteiger partial charge in [-0.25, -0.2) is 0 Å². The van der Waals surface area contributed by atoms with Crippen LogP contribution in [0, 0.1) is 22.1 Å². The first-order chi connectivity index (χ1) is 7.69. The SMILES string of the molecule is CCCCCc1cc(C)c(C#[C][Tl])c(F)c1. The van der Waals surface area contributed by atoms with E-state index < -0.39 is 0 Å². The molecule has 0 atom stereocenters. The zero-order chi connectivity index (χ0) is 12.0. The summed E-state index contributed by atoms with van der Waals surface area (Å²) in [6, 6.07) is 3.72. The fourth-order valence-electron chi connectivity index (χ4n) is 1.77. The molecule has 0 aliphatic rings. The molecule has 0 N–H and O–H groups in total. The van der Waals surface area contributed by atoms with Gasteiger partial charge in [0, 0.05) is 0 Å². The van der Waals surface area contributed by atoms with E-state index in [2.05, 4.69) is 22.4 Å². The Morgan fingerprint density at radius 2 is 2.06 bits per heavy atom. The van der Waals surface area contributed by atoms with Crippen molar-refractivity contribution in [3.05, 3.63) is 34.6 Å². The topological polar surface area (TPSA) is 0 Å². The average molecular weight is 408 g/mol. The van der Waals surface area contributed by atoms with Crippen LogP contribution in [0.1, 0.15) is 42.9 Å². The van der Waals surface area contributed by atoms with E-state index in [0.717, 1.165) is 24.0 Å². The molecule has 2 heteroatoms. The van der Waals surface area contributed by atoms with Crippen molar-refractivity contribution in [2.45, 2.75) is 39.5 Å². The van der Waals surface area contributed by atoms with Gasteiger partial charge >= 0.3 is 114 Å². The van der Waals surface area contributed by atoms with Gasteiger partial charge in [0.1, 0.15) is 0 Å². The van der Waals surface area contributed by atoms with Crippen molar-refractivity contribution in [2.24, 2.45) is 0 Å². The van der Waals surface area contributed by atoms with Gasteiger partial charge in [-0.05, 0) is 0 Å². The second kappa shape index (κ2) is 7.06. The number of hydrogen-bond donors (Lipinski definition) is 0. The summed E-state index contributed by atoms with van der Waals surface area (Å²) < 4.78 is 16.6. The van der Waals surface area contributed by atoms with Gasteiger partial charge in [-0.3, -0.25) is 0 Å². The van der Waals surface area contributed by atoms with E-state index in [-0.39, 0.29) is 5.82 Å². The Hall–Kier alpha value is -0.368. The maximum atomic E-state index is 13.7. The van der Waals surface area contributed by atoms with E-state index in [9.17, 15) is 4.39 Å². The predicted molar refractivity (Wildman–Crippen MR) is 67.0 cm³/mol. The molecule has 1 aromatic carbocycles. The van der Waals surface area contributed by atoms with Gasteiger partial charge in [0.15, 0.2) is 0 Å². The van der Waals surface area contributed by atoms with Crippen LogP contribution in [0.25, 0.3) is 0 Å². The van der Waals surface area contributed by atoms with Crippen LogP contribution >= 0.6 is 0 Å². The first-order valence-corrected chi connectivity index (χ1v) is 7.94. The predicted octanol–water partition coefficient (Wildman–Crippen LogP) is 3.34. The summed E-state index contributed by atoms with van der Waals surface area (Å²) in [5.41, 5.74) is 2.66. The Labute approximate surface area is 113 Å². The molecule has 0 radical (unpaired) electrons. The van der Waals surface area contributed by atoms with E-state index in [4.69, 9.17) is 0 Å². The molecule has 0 unspecified atom stereocenters. The Balaban J connectivity index is 2.86. The third-order valence-electron chi connectivity index (χ3n) is 2.61. The Kier molecular flexibility index (Phi) is 6.04. The van der Waals surface area contributed by atoms with Crippen LogP contribution in [0.4, 0.5) is 4.39 Å². The average Bonchev–Trinajstić information content (AvgIpc) is 2.24. The number of aryl methyl sites for hydroxylation is 2. The minimum absolute atomic E-state index is 0.153. The molecule has 1 rings (SSSR count). The number of rotatable bonds is 4. The number of halogens is 1. The van der Waals surface area contributed by atoms with Gasteiger partial charge in [-0.15, -0.1) is 0 Å². The molecule has 1 aromatic rings. The Morgan fingerprint density at radius 3 is 2.62 bits per heavy atom. The second-order valence-corrected chi connectivity index (χ2v) is 5.12. The normalized spacial score (nSPS) is 9.62. The van der Waals surface area contributed by atoms with Crippen molar-refractivity contribution in [3.63, 3.8) is 0 Å². The summed E-state index contributed by atoms with van der Waals surface area (Å²) in [5, 5.41) is 0. The van der Waals surface area contributed by atoms with E-state index in [1.807, 2.05) is 6.92 Å². The third-order valence-corrected chi connectivity index (χ3v) is 3.17. The van der Waals surface area contributed by atoms with Crippen molar-refractivity contribution >= 4 is 25.8 Å². The zero-order valence-corrected chi connectivity index (χ0v) is 14.4. The third kappa shape index (κ3) is 3.90. The molecule has 0 spiro atoms. The molecular formula is C14H16FTl. The van der Waals surface area contributed by atoms with Gasteiger partial charge in [-0.1, -0.05) is 0 Å². The van der Waals surface area contributed by atoms with E-state index >= 15 is 0 Å². The summed E-state index contributed by atoms with van der Waals surface area (Å²) in [5.74, 6) is 2.73. The fourth-order valence-corrected chi connectivity index (χ4v) is 2.33. The fraction of sp³-hybridized carbons (Fsp3) is 0.429. The summed E-state index contributed by atoms with van der Waals surface area (Å²) in [6.45, 7) is 4.12. The van der Waals surface area contributed by atoms with E-state index in [0.29, 0.717) is 31.3 Å². The molecule has 16 heavy (non-hydrogen) atoms. The first kappa shape index (κ1) is 13.7. The van der Waals surface area contributed by atoms with Crippen molar-refractivity contribution in [3.8, 4) is 9.40 Å². The van der Waals surface area contributed by atoms with Crippen molar-refractivity contribution in [1.29, 1.82) is 0 Å². The van der Waals surface area contributed by atoms with Gasteiger partial charge in [0.2, 0.25) is 0 Å². The molecule has 0 nitrogen and oxygen atoms in total. The van der Waals surface area contributed by atoms with Crippen LogP contribution in [-0.2, 0) is 6.42 Å². The van der Waals surface area contributed by atoms with Crippen molar-refractivity contribution in [1.82, 2.24) is 0 Å². The van der Waals surface area contributed by atoms with Crippen molar-refractivity contribution in [2.75, 3.05) is 0 Å². The standard InChI is InChI=1S/C14H16F.Tl/c1-4-6-7-8-12-9-11(3)13(5-2)14(15)10-12;/h9-10H,4,6-8H2,1,3H3;. The van der Waals surface area contributed by atoms with Gasteiger partial charge in [0.05, 0.1) is 0 Å². The molecule has 0 aliphatic carbocycles. The molecule has 0 saturated heterocycles. The molecule has 0 amide bonds. The van der Waals surface area contributed by atoms with Crippen LogP contribution in [-0.4, -0.2) is 25.8 Å². The van der Waals surface area contributed by atoms with Gasteiger partial charge in [0.25, 0.3) is 0 Å². The molecule has 0 aliphatic heterocycles. The Bertz CT molecular complexity index is 389. The first-order valence-electron chi connectivity index (χ1n) is 5.69. The number of unbranched alkanes of at least 4 members (excludes halogenated alkanes) is 2. The quantitative estimate of drug-likeness (QED) is 0.408. The van der Waals surface area contributed by atoms with Crippen LogP contribution < -0.4 is 0 Å². The van der Waals surface area contributed by atoms with E-state index in [1.165, 1.54) is 12.8 Å². The van der Waals surface area contributed by atoms with Crippen LogP contribution in [0.5, 0.6) is 0 Å². The van der Waals surface area contributed by atoms with Crippen molar-refractivity contribution < 1.29 is 4.39 Å². The molecule has 0 fully saturated rings. The second-order valence-electron chi connectivity index (χ2n) is 4.00. The van der Waals surface area contributed by atoms with Crippen LogP contribution in [0.15, 0.2) is 12.1 Å². The monoisotopic (exact) mass is 408 g/mol. The molecule has 0 aromatic heterocycles. The summed E-state index contributed by atoms with van der Waals surface area (Å²) in [4.78, 5) is 0. The molecule has 82 valence electrons. The number of hydrogen-bond acceptors (Lipinski definition) is 0. The molecular weight excluding hydrogens is 392 g/mol. The zero-order valence-electron chi connectivity index (χ0n) is 9.94. The maximum absolute atomic E-state index is 13.7. The molecule has 0 heterocycles. The summed E-state index contributed by atoms with van der Waals surface area (Å²) >= 11 is 0.605. The van der Waals surface area contributed by atoms with Crippen LogP contribution in [0.2, 0.25) is 0 Å². The van der Waals surface area contributed by atoms with Gasteiger partial charge < -0.3 is 0 Å². The van der Waals surface area contributed by atoms with Gasteiger partial charge in [-0.2, -0.15) is 0 Å². The number of benzene rings is 1. The molecule has 0 bridgehead atoms. The van der Waals surface area contributed by atoms with E-state index in [1.54, 1.807) is 6.07 Å². The summed E-state index contributed by atoms with van der Waals surface area (Å²) in [7, 11) is 0. The van der Waals surface area contributed by atoms with Crippen LogP contribution in [0.3, 0.4) is 0 Å².